The van der Waals surface area contributed by atoms with Gasteiger partial charge in [-0.2, -0.15) is 4.98 Å². The second-order valence-electron chi connectivity index (χ2n) is 5.45. The number of nitrogens with one attached hydrogen (secondary N) is 1. The predicted octanol–water partition coefficient (Wildman–Crippen LogP) is 1.33. The van der Waals surface area contributed by atoms with Crippen molar-refractivity contribution >= 4 is 5.91 Å². The van der Waals surface area contributed by atoms with Crippen LogP contribution in [-0.4, -0.2) is 46.0 Å². The van der Waals surface area contributed by atoms with E-state index in [4.69, 9.17) is 9.47 Å². The summed E-state index contributed by atoms with van der Waals surface area (Å²) in [5.41, 5.74) is 0.880. The van der Waals surface area contributed by atoms with Crippen molar-refractivity contribution in [2.75, 3.05) is 13.2 Å². The number of nitrogens with zero attached hydrogens (tertiary/aromatic N) is 3. The molecule has 2 unspecified atom stereocenters. The molecule has 2 atom stereocenters. The molecule has 1 aliphatic heterocycles. The highest BCUT2D eigenvalue weighted by molar-refractivity contribution is 5.80. The number of rotatable bonds is 6. The first-order valence-corrected chi connectivity index (χ1v) is 7.75. The lowest BCUT2D eigenvalue weighted by molar-refractivity contribution is -0.128. The maximum absolute atomic E-state index is 12.0. The van der Waals surface area contributed by atoms with Gasteiger partial charge in [0.1, 0.15) is 6.33 Å². The Hall–Kier alpha value is -2.41. The van der Waals surface area contributed by atoms with E-state index in [1.54, 1.807) is 17.9 Å². The normalized spacial score (nSPS) is 18.6. The molecule has 1 aliphatic rings. The molecule has 0 spiro atoms. The predicted molar refractivity (Wildman–Crippen MR) is 83.4 cm³/mol. The number of hydrogen-bond donors (Lipinski definition) is 1. The Morgan fingerprint density at radius 2 is 2.30 bits per heavy atom. The van der Waals surface area contributed by atoms with Crippen molar-refractivity contribution in [3.63, 3.8) is 0 Å². The van der Waals surface area contributed by atoms with E-state index < -0.39 is 6.10 Å². The number of benzene rings is 1. The molecule has 0 aliphatic carbocycles. The van der Waals surface area contributed by atoms with Crippen LogP contribution in [0, 0.1) is 0 Å². The summed E-state index contributed by atoms with van der Waals surface area (Å²) in [5.74, 6) is -0.198. The molecule has 23 heavy (non-hydrogen) atoms. The van der Waals surface area contributed by atoms with Gasteiger partial charge >= 0.3 is 6.01 Å². The van der Waals surface area contributed by atoms with Crippen molar-refractivity contribution < 1.29 is 14.3 Å². The molecule has 1 amide bonds. The van der Waals surface area contributed by atoms with Crippen LogP contribution < -0.4 is 10.1 Å². The standard InChI is InChI=1S/C16H20N4O3/c1-12(15(21)17-10-14-8-5-9-22-14)23-16-18-11-20(19-16)13-6-3-2-4-7-13/h2-4,6-7,11-12,14H,5,8-10H2,1H3,(H,17,21). The SMILES string of the molecule is CC(Oc1ncn(-c2ccccc2)n1)C(=O)NCC1CCCO1. The van der Waals surface area contributed by atoms with Crippen LogP contribution in [0.4, 0.5) is 0 Å². The molecule has 2 heterocycles. The van der Waals surface area contributed by atoms with E-state index in [0.717, 1.165) is 25.1 Å². The molecule has 1 fully saturated rings. The van der Waals surface area contributed by atoms with E-state index in [1.807, 2.05) is 30.3 Å². The number of amides is 1. The van der Waals surface area contributed by atoms with Gasteiger partial charge in [-0.25, -0.2) is 4.68 Å². The van der Waals surface area contributed by atoms with Crippen LogP contribution in [-0.2, 0) is 9.53 Å². The molecule has 1 aromatic carbocycles. The van der Waals surface area contributed by atoms with Gasteiger partial charge in [0, 0.05) is 13.2 Å². The zero-order chi connectivity index (χ0) is 16.1. The molecule has 2 aromatic rings. The van der Waals surface area contributed by atoms with Gasteiger partial charge in [-0.05, 0) is 31.9 Å². The van der Waals surface area contributed by atoms with Crippen molar-refractivity contribution in [3.8, 4) is 11.7 Å². The third-order valence-electron chi connectivity index (χ3n) is 3.67. The molecule has 1 aromatic heterocycles. The zero-order valence-corrected chi connectivity index (χ0v) is 13.0. The molecular formula is C16H20N4O3. The Morgan fingerprint density at radius 1 is 1.48 bits per heavy atom. The van der Waals surface area contributed by atoms with Crippen molar-refractivity contribution in [2.24, 2.45) is 0 Å². The first-order valence-electron chi connectivity index (χ1n) is 7.75. The van der Waals surface area contributed by atoms with Gasteiger partial charge in [0.15, 0.2) is 6.10 Å². The van der Waals surface area contributed by atoms with Gasteiger partial charge in [-0.1, -0.05) is 18.2 Å². The highest BCUT2D eigenvalue weighted by Crippen LogP contribution is 2.11. The molecule has 1 saturated heterocycles. The number of carbonyl (C=O) groups excluding carboxylic acids is 1. The topological polar surface area (TPSA) is 78.3 Å². The summed E-state index contributed by atoms with van der Waals surface area (Å²) >= 11 is 0. The second kappa shape index (κ2) is 7.23. The van der Waals surface area contributed by atoms with Crippen molar-refractivity contribution in [1.82, 2.24) is 20.1 Å². The van der Waals surface area contributed by atoms with Gasteiger partial charge in [-0.3, -0.25) is 4.79 Å². The Morgan fingerprint density at radius 3 is 3.04 bits per heavy atom. The summed E-state index contributed by atoms with van der Waals surface area (Å²) in [5, 5.41) is 7.05. The molecule has 122 valence electrons. The number of aromatic nitrogens is 3. The van der Waals surface area contributed by atoms with Gasteiger partial charge < -0.3 is 14.8 Å². The Kier molecular flexibility index (Phi) is 4.87. The molecule has 0 bridgehead atoms. The highest BCUT2D eigenvalue weighted by Gasteiger charge is 2.20. The Bertz CT molecular complexity index is 638. The Labute approximate surface area is 134 Å². The van der Waals surface area contributed by atoms with Gasteiger partial charge in [0.25, 0.3) is 5.91 Å². The summed E-state index contributed by atoms with van der Waals surface area (Å²) in [6, 6.07) is 9.76. The summed E-state index contributed by atoms with van der Waals surface area (Å²) in [7, 11) is 0. The number of para-hydroxylation sites is 1. The fourth-order valence-electron chi connectivity index (χ4n) is 2.38. The lowest BCUT2D eigenvalue weighted by atomic mass is 10.2. The largest absolute Gasteiger partial charge is 0.449 e. The summed E-state index contributed by atoms with van der Waals surface area (Å²) in [6.07, 6.45) is 3.04. The maximum Gasteiger partial charge on any atom is 0.336 e. The van der Waals surface area contributed by atoms with E-state index in [1.165, 1.54) is 0 Å². The van der Waals surface area contributed by atoms with E-state index >= 15 is 0 Å². The van der Waals surface area contributed by atoms with Crippen LogP contribution in [0.5, 0.6) is 6.01 Å². The Balaban J connectivity index is 1.52. The van der Waals surface area contributed by atoms with Crippen molar-refractivity contribution in [2.45, 2.75) is 32.0 Å². The van der Waals surface area contributed by atoms with Crippen LogP contribution in [0.15, 0.2) is 36.7 Å². The summed E-state index contributed by atoms with van der Waals surface area (Å²) < 4.78 is 12.6. The van der Waals surface area contributed by atoms with Gasteiger partial charge in [0.05, 0.1) is 11.8 Å². The maximum atomic E-state index is 12.0. The summed E-state index contributed by atoms with van der Waals surface area (Å²) in [4.78, 5) is 16.1. The summed E-state index contributed by atoms with van der Waals surface area (Å²) in [6.45, 7) is 2.96. The molecular weight excluding hydrogens is 296 g/mol. The van der Waals surface area contributed by atoms with E-state index in [9.17, 15) is 4.79 Å². The van der Waals surface area contributed by atoms with Crippen LogP contribution in [0.1, 0.15) is 19.8 Å². The quantitative estimate of drug-likeness (QED) is 0.870. The molecule has 3 rings (SSSR count). The van der Waals surface area contributed by atoms with Gasteiger partial charge in [0.2, 0.25) is 0 Å². The lowest BCUT2D eigenvalue weighted by Crippen LogP contribution is -2.40. The van der Waals surface area contributed by atoms with E-state index in [-0.39, 0.29) is 18.0 Å². The van der Waals surface area contributed by atoms with Crippen LogP contribution >= 0.6 is 0 Å². The van der Waals surface area contributed by atoms with Crippen LogP contribution in [0.3, 0.4) is 0 Å². The minimum Gasteiger partial charge on any atom is -0.449 e. The van der Waals surface area contributed by atoms with Crippen LogP contribution in [0.25, 0.3) is 5.69 Å². The molecule has 0 saturated carbocycles. The average molecular weight is 316 g/mol. The monoisotopic (exact) mass is 316 g/mol. The minimum atomic E-state index is -0.664. The smallest absolute Gasteiger partial charge is 0.336 e. The fourth-order valence-corrected chi connectivity index (χ4v) is 2.38. The molecule has 7 nitrogen and oxygen atoms in total. The van der Waals surface area contributed by atoms with E-state index in [2.05, 4.69) is 15.4 Å². The van der Waals surface area contributed by atoms with Crippen LogP contribution in [0.2, 0.25) is 0 Å². The fraction of sp³-hybridized carbons (Fsp3) is 0.438. The van der Waals surface area contributed by atoms with E-state index in [0.29, 0.717) is 6.54 Å². The first kappa shape index (κ1) is 15.5. The number of hydrogen-bond acceptors (Lipinski definition) is 5. The molecule has 1 N–H and O–H groups in total. The van der Waals surface area contributed by atoms with Crippen molar-refractivity contribution in [3.05, 3.63) is 36.7 Å². The first-order chi connectivity index (χ1) is 11.2. The van der Waals surface area contributed by atoms with Gasteiger partial charge in [-0.15, -0.1) is 5.10 Å². The third-order valence-corrected chi connectivity index (χ3v) is 3.67. The second-order valence-corrected chi connectivity index (χ2v) is 5.45. The van der Waals surface area contributed by atoms with Crippen molar-refractivity contribution in [1.29, 1.82) is 0 Å². The average Bonchev–Trinajstić information content (AvgIpc) is 3.25. The minimum absolute atomic E-state index is 0.113. The number of carbonyl (C=O) groups is 1. The molecule has 7 heteroatoms. The zero-order valence-electron chi connectivity index (χ0n) is 13.0. The third kappa shape index (κ3) is 4.07. The lowest BCUT2D eigenvalue weighted by Gasteiger charge is -2.14. The highest BCUT2D eigenvalue weighted by atomic mass is 16.5. The molecule has 0 radical (unpaired) electrons. The number of ether oxygens (including phenoxy) is 2.